The Morgan fingerprint density at radius 1 is 0.613 bits per heavy atom. The van der Waals surface area contributed by atoms with Gasteiger partial charge in [-0.3, -0.25) is 0 Å². The highest BCUT2D eigenvalue weighted by Gasteiger charge is 2.20. The van der Waals surface area contributed by atoms with E-state index in [0.29, 0.717) is 0 Å². The van der Waals surface area contributed by atoms with Crippen LogP contribution in [0, 0.1) is 6.92 Å². The van der Waals surface area contributed by atoms with E-state index >= 15 is 0 Å². The number of aromatic nitrogens is 1. The zero-order valence-electron chi connectivity index (χ0n) is 19.9. The highest BCUT2D eigenvalue weighted by atomic mass is 28.3. The lowest BCUT2D eigenvalue weighted by molar-refractivity contribution is 1.38. The van der Waals surface area contributed by atoms with Gasteiger partial charge in [0.15, 0.2) is 0 Å². The maximum atomic E-state index is 5.15. The first-order chi connectivity index (χ1) is 14.5. The average molecular weight is 440 g/mol. The summed E-state index contributed by atoms with van der Waals surface area (Å²) in [6.07, 6.45) is 0. The molecule has 0 N–H and O–H groups in total. The van der Waals surface area contributed by atoms with Gasteiger partial charge in [-0.15, -0.1) is 0 Å². The van der Waals surface area contributed by atoms with Crippen LogP contribution < -0.4 is 10.4 Å². The van der Waals surface area contributed by atoms with E-state index in [4.69, 9.17) is 4.98 Å². The molecule has 0 saturated carbocycles. The second-order valence-electron chi connectivity index (χ2n) is 10.7. The van der Waals surface area contributed by atoms with Crippen molar-refractivity contribution in [2.45, 2.75) is 46.2 Å². The lowest BCUT2D eigenvalue weighted by Crippen LogP contribution is -2.37. The van der Waals surface area contributed by atoms with Crippen LogP contribution in [0.2, 0.25) is 39.3 Å². The van der Waals surface area contributed by atoms with Gasteiger partial charge in [0.2, 0.25) is 0 Å². The van der Waals surface area contributed by atoms with Crippen molar-refractivity contribution < 1.29 is 0 Å². The normalized spacial score (nSPS) is 12.4. The fraction of sp³-hybridized carbons (Fsp3) is 0.250. The molecule has 31 heavy (non-hydrogen) atoms. The summed E-state index contributed by atoms with van der Waals surface area (Å²) in [4.78, 5) is 5.15. The molecule has 0 fully saturated rings. The van der Waals surface area contributed by atoms with Crippen LogP contribution >= 0.6 is 0 Å². The predicted octanol–water partition coefficient (Wildman–Crippen LogP) is 6.97. The largest absolute Gasteiger partial charge is 0.248 e. The predicted molar refractivity (Wildman–Crippen MR) is 143 cm³/mol. The molecule has 3 aromatic carbocycles. The van der Waals surface area contributed by atoms with Crippen LogP contribution in [0.1, 0.15) is 5.56 Å². The standard InChI is InChI=1S/C28H33NSi2/c1-20-15-22(17-24(16-20)31(5,6)7)28-19-25(21-11-9-8-10-12-21)26-18-23(30(2,3)4)13-14-27(26)29-28/h8-19H,1-7H3. The van der Waals surface area contributed by atoms with Crippen molar-refractivity contribution in [3.8, 4) is 22.4 Å². The Labute approximate surface area is 189 Å². The fourth-order valence-electron chi connectivity index (χ4n) is 4.06. The number of nitrogens with zero attached hydrogens (tertiary/aromatic N) is 1. The van der Waals surface area contributed by atoms with Gasteiger partial charge in [-0.25, -0.2) is 4.98 Å². The summed E-state index contributed by atoms with van der Waals surface area (Å²) in [5.74, 6) is 0. The van der Waals surface area contributed by atoms with Gasteiger partial charge in [-0.2, -0.15) is 0 Å². The van der Waals surface area contributed by atoms with Crippen molar-refractivity contribution in [1.29, 1.82) is 0 Å². The summed E-state index contributed by atoms with van der Waals surface area (Å²) in [6.45, 7) is 16.6. The minimum Gasteiger partial charge on any atom is -0.248 e. The maximum Gasteiger partial charge on any atom is 0.0776 e. The molecule has 3 heteroatoms. The molecule has 0 spiro atoms. The Kier molecular flexibility index (Phi) is 5.52. The SMILES string of the molecule is Cc1cc(-c2cc(-c3ccccc3)c3cc([Si](C)(C)C)ccc3n2)cc([Si](C)(C)C)c1. The van der Waals surface area contributed by atoms with Crippen molar-refractivity contribution in [2.24, 2.45) is 0 Å². The Hall–Kier alpha value is -2.50. The molecule has 0 radical (unpaired) electrons. The smallest absolute Gasteiger partial charge is 0.0776 e. The van der Waals surface area contributed by atoms with Gasteiger partial charge in [0.05, 0.1) is 27.4 Å². The quantitative estimate of drug-likeness (QED) is 0.313. The van der Waals surface area contributed by atoms with Crippen LogP contribution in [0.3, 0.4) is 0 Å². The number of rotatable bonds is 4. The van der Waals surface area contributed by atoms with Gasteiger partial charge in [-0.1, -0.05) is 110 Å². The van der Waals surface area contributed by atoms with E-state index in [1.165, 1.54) is 38.0 Å². The minimum absolute atomic E-state index is 1.07. The molecule has 1 heterocycles. The molecule has 0 atom stereocenters. The molecular weight excluding hydrogens is 406 g/mol. The first-order valence-corrected chi connectivity index (χ1v) is 18.2. The Morgan fingerprint density at radius 2 is 1.29 bits per heavy atom. The number of hydrogen-bond donors (Lipinski definition) is 0. The van der Waals surface area contributed by atoms with E-state index in [1.807, 2.05) is 0 Å². The Balaban J connectivity index is 2.00. The molecule has 0 amide bonds. The molecular formula is C28H33NSi2. The van der Waals surface area contributed by atoms with Gasteiger partial charge < -0.3 is 0 Å². The van der Waals surface area contributed by atoms with Gasteiger partial charge in [-0.05, 0) is 36.2 Å². The minimum atomic E-state index is -1.41. The van der Waals surface area contributed by atoms with Crippen LogP contribution in [0.25, 0.3) is 33.3 Å². The second-order valence-corrected chi connectivity index (χ2v) is 20.9. The first kappa shape index (κ1) is 21.7. The Morgan fingerprint density at radius 3 is 1.94 bits per heavy atom. The van der Waals surface area contributed by atoms with Crippen molar-refractivity contribution in [2.75, 3.05) is 0 Å². The van der Waals surface area contributed by atoms with Crippen LogP contribution in [-0.4, -0.2) is 21.1 Å². The first-order valence-electron chi connectivity index (χ1n) is 11.2. The third kappa shape index (κ3) is 4.58. The van der Waals surface area contributed by atoms with E-state index in [1.54, 1.807) is 0 Å². The molecule has 158 valence electrons. The number of fused-ring (bicyclic) bond motifs is 1. The number of hydrogen-bond acceptors (Lipinski definition) is 1. The summed E-state index contributed by atoms with van der Waals surface area (Å²) in [7, 11) is -2.82. The van der Waals surface area contributed by atoms with Gasteiger partial charge in [0, 0.05) is 10.9 Å². The molecule has 4 rings (SSSR count). The van der Waals surface area contributed by atoms with E-state index in [0.717, 1.165) is 11.2 Å². The molecule has 0 aliphatic rings. The fourth-order valence-corrected chi connectivity index (χ4v) is 6.47. The zero-order valence-corrected chi connectivity index (χ0v) is 21.9. The number of aryl methyl sites for hydroxylation is 1. The van der Waals surface area contributed by atoms with E-state index < -0.39 is 16.1 Å². The molecule has 0 aliphatic carbocycles. The van der Waals surface area contributed by atoms with E-state index in [2.05, 4.69) is 119 Å². The van der Waals surface area contributed by atoms with Crippen LogP contribution in [-0.2, 0) is 0 Å². The summed E-state index contributed by atoms with van der Waals surface area (Å²) in [6, 6.07) is 27.0. The summed E-state index contributed by atoms with van der Waals surface area (Å²) in [5.41, 5.74) is 7.21. The molecule has 0 saturated heterocycles. The summed E-state index contributed by atoms with van der Waals surface area (Å²) < 4.78 is 0. The van der Waals surface area contributed by atoms with Crippen LogP contribution in [0.15, 0.2) is 72.8 Å². The topological polar surface area (TPSA) is 12.9 Å². The number of benzene rings is 3. The Bertz CT molecular complexity index is 1250. The summed E-state index contributed by atoms with van der Waals surface area (Å²) in [5, 5.41) is 4.22. The molecule has 0 unspecified atom stereocenters. The third-order valence-electron chi connectivity index (χ3n) is 6.00. The molecule has 4 aromatic rings. The molecule has 1 aromatic heterocycles. The van der Waals surface area contributed by atoms with Crippen molar-refractivity contribution in [3.05, 3.63) is 78.4 Å². The van der Waals surface area contributed by atoms with Gasteiger partial charge in [0.1, 0.15) is 0 Å². The van der Waals surface area contributed by atoms with Crippen molar-refractivity contribution >= 4 is 37.4 Å². The monoisotopic (exact) mass is 439 g/mol. The van der Waals surface area contributed by atoms with Crippen molar-refractivity contribution in [3.63, 3.8) is 0 Å². The van der Waals surface area contributed by atoms with Crippen molar-refractivity contribution in [1.82, 2.24) is 4.98 Å². The molecule has 0 aliphatic heterocycles. The molecule has 1 nitrogen and oxygen atoms in total. The molecule has 0 bridgehead atoms. The summed E-state index contributed by atoms with van der Waals surface area (Å²) >= 11 is 0. The van der Waals surface area contributed by atoms with Crippen LogP contribution in [0.5, 0.6) is 0 Å². The number of pyridine rings is 1. The van der Waals surface area contributed by atoms with E-state index in [9.17, 15) is 0 Å². The van der Waals surface area contributed by atoms with Crippen LogP contribution in [0.4, 0.5) is 0 Å². The zero-order chi connectivity index (χ0) is 22.4. The second kappa shape index (κ2) is 7.88. The lowest BCUT2D eigenvalue weighted by Gasteiger charge is -2.20. The highest BCUT2D eigenvalue weighted by Crippen LogP contribution is 2.32. The highest BCUT2D eigenvalue weighted by molar-refractivity contribution is 6.89. The maximum absolute atomic E-state index is 5.15. The van der Waals surface area contributed by atoms with Gasteiger partial charge in [0.25, 0.3) is 0 Å². The van der Waals surface area contributed by atoms with E-state index in [-0.39, 0.29) is 0 Å². The third-order valence-corrected chi connectivity index (χ3v) is 10.1. The lowest BCUT2D eigenvalue weighted by atomic mass is 9.98. The van der Waals surface area contributed by atoms with Gasteiger partial charge >= 0.3 is 0 Å². The average Bonchev–Trinajstić information content (AvgIpc) is 2.71.